The van der Waals surface area contributed by atoms with Gasteiger partial charge in [-0.2, -0.15) is 0 Å². The van der Waals surface area contributed by atoms with Gasteiger partial charge in [-0.05, 0) is 18.9 Å². The van der Waals surface area contributed by atoms with Crippen LogP contribution in [0.25, 0.3) is 0 Å². The predicted octanol–water partition coefficient (Wildman–Crippen LogP) is 2.33. The molecule has 1 atom stereocenters. The molecule has 3 heteroatoms. The first-order chi connectivity index (χ1) is 9.66. The average Bonchev–Trinajstić information content (AvgIpc) is 2.47. The van der Waals surface area contributed by atoms with Crippen LogP contribution in [0, 0.1) is 6.92 Å². The van der Waals surface area contributed by atoms with Gasteiger partial charge in [0, 0.05) is 12.1 Å². The van der Waals surface area contributed by atoms with Crippen LogP contribution in [0.2, 0.25) is 0 Å². The maximum absolute atomic E-state index is 11.9. The number of rotatable bonds is 6. The highest BCUT2D eigenvalue weighted by atomic mass is 16.3. The molecule has 0 bridgehead atoms. The van der Waals surface area contributed by atoms with Gasteiger partial charge in [0.05, 0.1) is 0 Å². The van der Waals surface area contributed by atoms with Crippen molar-refractivity contribution in [1.82, 2.24) is 5.32 Å². The van der Waals surface area contributed by atoms with E-state index in [1.54, 1.807) is 24.3 Å². The Morgan fingerprint density at radius 3 is 2.60 bits per heavy atom. The molecular formula is C17H19NO2. The zero-order chi connectivity index (χ0) is 14.4. The van der Waals surface area contributed by atoms with Gasteiger partial charge < -0.3 is 5.11 Å². The highest BCUT2D eigenvalue weighted by Gasteiger charge is 2.15. The van der Waals surface area contributed by atoms with Crippen molar-refractivity contribution in [2.24, 2.45) is 0 Å². The SMILES string of the molecule is Cc1cccc(CCNC(O)C(=O)c2ccccc2)c1. The smallest absolute Gasteiger partial charge is 0.206 e. The van der Waals surface area contributed by atoms with E-state index in [-0.39, 0.29) is 5.78 Å². The summed E-state index contributed by atoms with van der Waals surface area (Å²) in [5.41, 5.74) is 2.92. The molecule has 0 spiro atoms. The lowest BCUT2D eigenvalue weighted by Crippen LogP contribution is -2.37. The van der Waals surface area contributed by atoms with Gasteiger partial charge in [0.25, 0.3) is 0 Å². The summed E-state index contributed by atoms with van der Waals surface area (Å²) in [6, 6.07) is 17.0. The van der Waals surface area contributed by atoms with E-state index in [9.17, 15) is 9.90 Å². The molecule has 20 heavy (non-hydrogen) atoms. The van der Waals surface area contributed by atoms with E-state index in [1.807, 2.05) is 31.2 Å². The molecule has 1 unspecified atom stereocenters. The van der Waals surface area contributed by atoms with Gasteiger partial charge in [0.15, 0.2) is 6.23 Å². The molecule has 2 aromatic rings. The Balaban J connectivity index is 1.83. The molecule has 0 aromatic heterocycles. The van der Waals surface area contributed by atoms with Gasteiger partial charge >= 0.3 is 0 Å². The van der Waals surface area contributed by atoms with Gasteiger partial charge in [-0.3, -0.25) is 10.1 Å². The van der Waals surface area contributed by atoms with Crippen molar-refractivity contribution in [2.75, 3.05) is 6.54 Å². The fourth-order valence-corrected chi connectivity index (χ4v) is 2.07. The van der Waals surface area contributed by atoms with Crippen LogP contribution in [-0.4, -0.2) is 23.7 Å². The van der Waals surface area contributed by atoms with Gasteiger partial charge in [-0.25, -0.2) is 0 Å². The Hall–Kier alpha value is -1.97. The first kappa shape index (κ1) is 14.4. The fraction of sp³-hybridized carbons (Fsp3) is 0.235. The molecule has 0 amide bonds. The molecule has 0 saturated carbocycles. The van der Waals surface area contributed by atoms with Crippen LogP contribution in [0.4, 0.5) is 0 Å². The molecule has 3 nitrogen and oxygen atoms in total. The number of ketones is 1. The molecule has 0 radical (unpaired) electrons. The second-order valence-electron chi connectivity index (χ2n) is 4.83. The number of hydrogen-bond donors (Lipinski definition) is 2. The molecule has 0 aliphatic heterocycles. The lowest BCUT2D eigenvalue weighted by Gasteiger charge is -2.12. The van der Waals surface area contributed by atoms with Gasteiger partial charge in [-0.15, -0.1) is 0 Å². The van der Waals surface area contributed by atoms with Crippen molar-refractivity contribution in [1.29, 1.82) is 0 Å². The zero-order valence-corrected chi connectivity index (χ0v) is 11.5. The quantitative estimate of drug-likeness (QED) is 0.625. The normalized spacial score (nSPS) is 12.1. The monoisotopic (exact) mass is 269 g/mol. The minimum atomic E-state index is -1.15. The molecule has 0 heterocycles. The summed E-state index contributed by atoms with van der Waals surface area (Å²) >= 11 is 0. The van der Waals surface area contributed by atoms with Crippen LogP contribution >= 0.6 is 0 Å². The van der Waals surface area contributed by atoms with E-state index in [0.717, 1.165) is 6.42 Å². The minimum Gasteiger partial charge on any atom is -0.371 e. The molecule has 104 valence electrons. The van der Waals surface area contributed by atoms with E-state index in [1.165, 1.54) is 11.1 Å². The topological polar surface area (TPSA) is 49.3 Å². The van der Waals surface area contributed by atoms with Crippen LogP contribution in [0.3, 0.4) is 0 Å². The fourth-order valence-electron chi connectivity index (χ4n) is 2.07. The van der Waals surface area contributed by atoms with E-state index in [2.05, 4.69) is 11.4 Å². The highest BCUT2D eigenvalue weighted by Crippen LogP contribution is 2.05. The van der Waals surface area contributed by atoms with E-state index in [0.29, 0.717) is 12.1 Å². The minimum absolute atomic E-state index is 0.296. The van der Waals surface area contributed by atoms with Crippen LogP contribution in [-0.2, 0) is 6.42 Å². The summed E-state index contributed by atoms with van der Waals surface area (Å²) in [4.78, 5) is 11.9. The largest absolute Gasteiger partial charge is 0.371 e. The molecular weight excluding hydrogens is 250 g/mol. The van der Waals surface area contributed by atoms with Crippen molar-refractivity contribution in [3.8, 4) is 0 Å². The van der Waals surface area contributed by atoms with E-state index in [4.69, 9.17) is 0 Å². The number of aliphatic hydroxyl groups excluding tert-OH is 1. The number of carbonyl (C=O) groups excluding carboxylic acids is 1. The Bertz CT molecular complexity index is 566. The van der Waals surface area contributed by atoms with Crippen LogP contribution < -0.4 is 5.32 Å². The van der Waals surface area contributed by atoms with Gasteiger partial charge in [-0.1, -0.05) is 60.2 Å². The third-order valence-electron chi connectivity index (χ3n) is 3.14. The Kier molecular flexibility index (Phi) is 5.04. The standard InChI is InChI=1S/C17H19NO2/c1-13-6-5-7-14(12-13)10-11-18-17(20)16(19)15-8-3-2-4-9-15/h2-9,12,17-18,20H,10-11H2,1H3. The van der Waals surface area contributed by atoms with Gasteiger partial charge in [0.1, 0.15) is 0 Å². The maximum Gasteiger partial charge on any atom is 0.206 e. The number of aryl methyl sites for hydroxylation is 1. The van der Waals surface area contributed by atoms with Crippen molar-refractivity contribution in [3.05, 3.63) is 71.3 Å². The van der Waals surface area contributed by atoms with Crippen LogP contribution in [0.5, 0.6) is 0 Å². The summed E-state index contributed by atoms with van der Waals surface area (Å²) in [7, 11) is 0. The first-order valence-electron chi connectivity index (χ1n) is 6.73. The third-order valence-corrected chi connectivity index (χ3v) is 3.14. The molecule has 2 aromatic carbocycles. The number of carbonyl (C=O) groups is 1. The number of nitrogens with one attached hydrogen (secondary N) is 1. The summed E-state index contributed by atoms with van der Waals surface area (Å²) in [6.45, 7) is 2.61. The first-order valence-corrected chi connectivity index (χ1v) is 6.73. The van der Waals surface area contributed by atoms with Gasteiger partial charge in [0.2, 0.25) is 5.78 Å². The summed E-state index contributed by atoms with van der Waals surface area (Å²) in [5.74, 6) is -0.296. The molecule has 0 aliphatic carbocycles. The van der Waals surface area contributed by atoms with Crippen LogP contribution in [0.15, 0.2) is 54.6 Å². The number of hydrogen-bond acceptors (Lipinski definition) is 3. The lowest BCUT2D eigenvalue weighted by molar-refractivity contribution is 0.0675. The highest BCUT2D eigenvalue weighted by molar-refractivity contribution is 5.98. The number of Topliss-reactive ketones (excluding diaryl/α,β-unsaturated/α-hetero) is 1. The lowest BCUT2D eigenvalue weighted by atomic mass is 10.1. The third kappa shape index (κ3) is 4.02. The Labute approximate surface area is 119 Å². The van der Waals surface area contributed by atoms with E-state index >= 15 is 0 Å². The molecule has 0 fully saturated rings. The summed E-state index contributed by atoms with van der Waals surface area (Å²) in [5, 5.41) is 12.7. The van der Waals surface area contributed by atoms with Crippen molar-refractivity contribution in [3.63, 3.8) is 0 Å². The summed E-state index contributed by atoms with van der Waals surface area (Å²) in [6.07, 6.45) is -0.372. The maximum atomic E-state index is 11.9. The Morgan fingerprint density at radius 2 is 1.90 bits per heavy atom. The molecule has 2 rings (SSSR count). The van der Waals surface area contributed by atoms with Crippen LogP contribution in [0.1, 0.15) is 21.5 Å². The zero-order valence-electron chi connectivity index (χ0n) is 11.5. The second kappa shape index (κ2) is 6.98. The predicted molar refractivity (Wildman–Crippen MR) is 79.7 cm³/mol. The van der Waals surface area contributed by atoms with E-state index < -0.39 is 6.23 Å². The molecule has 0 saturated heterocycles. The second-order valence-corrected chi connectivity index (χ2v) is 4.83. The van der Waals surface area contributed by atoms with Crippen molar-refractivity contribution >= 4 is 5.78 Å². The number of aliphatic hydroxyl groups is 1. The summed E-state index contributed by atoms with van der Waals surface area (Å²) < 4.78 is 0. The molecule has 2 N–H and O–H groups in total. The molecule has 0 aliphatic rings. The van der Waals surface area contributed by atoms with Crippen molar-refractivity contribution in [2.45, 2.75) is 19.6 Å². The average molecular weight is 269 g/mol. The number of benzene rings is 2. The Morgan fingerprint density at radius 1 is 1.15 bits per heavy atom. The van der Waals surface area contributed by atoms with Crippen molar-refractivity contribution < 1.29 is 9.90 Å².